The number of piperidine rings is 1. The molecule has 2 aliphatic rings. The van der Waals surface area contributed by atoms with E-state index < -0.39 is 8.80 Å². The Morgan fingerprint density at radius 1 is 0.893 bits per heavy atom. The molecule has 0 aromatic carbocycles. The van der Waals surface area contributed by atoms with E-state index in [-0.39, 0.29) is 0 Å². The minimum Gasteiger partial charge on any atom is -0.377 e. The number of likely N-dealkylation sites (tertiary alicyclic amines) is 2. The zero-order valence-electron chi connectivity index (χ0n) is 19.1. The maximum atomic E-state index is 5.53. The smallest absolute Gasteiger partial charge is 0.377 e. The van der Waals surface area contributed by atoms with Gasteiger partial charge in [-0.25, -0.2) is 0 Å². The lowest BCUT2D eigenvalue weighted by atomic mass is 9.80. The normalized spacial score (nSPS) is 30.2. The van der Waals surface area contributed by atoms with E-state index in [2.05, 4.69) is 42.6 Å². The van der Waals surface area contributed by atoms with Crippen LogP contribution < -0.4 is 0 Å². The van der Waals surface area contributed by atoms with Crippen molar-refractivity contribution in [2.75, 3.05) is 73.1 Å². The maximum Gasteiger partial charge on any atom is 0.500 e. The molecule has 0 bridgehead atoms. The van der Waals surface area contributed by atoms with Crippen molar-refractivity contribution in [1.29, 1.82) is 0 Å². The molecule has 4 atom stereocenters. The lowest BCUT2D eigenvalue weighted by Crippen LogP contribution is -2.42. The highest BCUT2D eigenvalue weighted by Gasteiger charge is 2.37. The Morgan fingerprint density at radius 2 is 1.50 bits per heavy atom. The summed E-state index contributed by atoms with van der Waals surface area (Å²) in [5.74, 6) is 5.97. The predicted molar refractivity (Wildman–Crippen MR) is 122 cm³/mol. The highest BCUT2D eigenvalue weighted by Crippen LogP contribution is 2.35. The van der Waals surface area contributed by atoms with Crippen LogP contribution >= 0.6 is 11.8 Å². The van der Waals surface area contributed by atoms with E-state index in [4.69, 9.17) is 13.3 Å². The molecule has 0 saturated carbocycles. The van der Waals surface area contributed by atoms with E-state index in [0.717, 1.165) is 36.1 Å². The summed E-state index contributed by atoms with van der Waals surface area (Å²) in [6.07, 6.45) is 5.30. The van der Waals surface area contributed by atoms with Crippen LogP contribution in [0.3, 0.4) is 0 Å². The maximum absolute atomic E-state index is 5.53. The van der Waals surface area contributed by atoms with E-state index in [0.29, 0.717) is 0 Å². The van der Waals surface area contributed by atoms with Gasteiger partial charge in [0.1, 0.15) is 0 Å². The van der Waals surface area contributed by atoms with E-state index in [9.17, 15) is 0 Å². The second-order valence-electron chi connectivity index (χ2n) is 9.05. The van der Waals surface area contributed by atoms with E-state index in [1.807, 2.05) is 0 Å². The number of hydrogen-bond acceptors (Lipinski definition) is 6. The average molecular weight is 433 g/mol. The van der Waals surface area contributed by atoms with Crippen LogP contribution in [0.25, 0.3) is 0 Å². The number of rotatable bonds is 12. The van der Waals surface area contributed by atoms with Gasteiger partial charge in [-0.3, -0.25) is 0 Å². The van der Waals surface area contributed by atoms with Crippen molar-refractivity contribution in [3.63, 3.8) is 0 Å². The van der Waals surface area contributed by atoms with Gasteiger partial charge >= 0.3 is 8.80 Å². The molecule has 2 fully saturated rings. The molecule has 2 aliphatic heterocycles. The molecule has 28 heavy (non-hydrogen) atoms. The summed E-state index contributed by atoms with van der Waals surface area (Å²) < 4.78 is 16.6. The van der Waals surface area contributed by atoms with Crippen molar-refractivity contribution in [2.45, 2.75) is 38.7 Å². The van der Waals surface area contributed by atoms with Crippen LogP contribution in [0.5, 0.6) is 0 Å². The fourth-order valence-corrected chi connectivity index (χ4v) is 8.46. The summed E-state index contributed by atoms with van der Waals surface area (Å²) in [5.41, 5.74) is 0. The van der Waals surface area contributed by atoms with Gasteiger partial charge in [0, 0.05) is 53.6 Å². The fraction of sp³-hybridized carbons (Fsp3) is 1.00. The van der Waals surface area contributed by atoms with Crippen LogP contribution in [0.1, 0.15) is 32.6 Å². The van der Waals surface area contributed by atoms with Gasteiger partial charge in [-0.2, -0.15) is 11.8 Å². The van der Waals surface area contributed by atoms with E-state index >= 15 is 0 Å². The topological polar surface area (TPSA) is 34.2 Å². The molecule has 2 rings (SSSR count). The van der Waals surface area contributed by atoms with Crippen LogP contribution in [0.2, 0.25) is 6.04 Å². The molecule has 0 N–H and O–H groups in total. The summed E-state index contributed by atoms with van der Waals surface area (Å²) >= 11 is 2.11. The third-order valence-corrected chi connectivity index (χ3v) is 10.9. The Hall–Kier alpha value is 0.367. The first-order valence-corrected chi connectivity index (χ1v) is 14.1. The number of nitrogens with zero attached hydrogens (tertiary/aromatic N) is 2. The minimum atomic E-state index is -2.40. The second-order valence-corrected chi connectivity index (χ2v) is 13.3. The van der Waals surface area contributed by atoms with Crippen molar-refractivity contribution in [2.24, 2.45) is 23.7 Å². The summed E-state index contributed by atoms with van der Waals surface area (Å²) in [6, 6.07) is 0.907. The lowest BCUT2D eigenvalue weighted by Gasteiger charge is -2.37. The van der Waals surface area contributed by atoms with Gasteiger partial charge in [0.25, 0.3) is 0 Å². The Kier molecular flexibility index (Phi) is 10.8. The molecule has 2 saturated heterocycles. The van der Waals surface area contributed by atoms with Crippen molar-refractivity contribution in [3.8, 4) is 0 Å². The number of hydrogen-bond donors (Lipinski definition) is 0. The van der Waals surface area contributed by atoms with Crippen LogP contribution in [0.15, 0.2) is 0 Å². The van der Waals surface area contributed by atoms with Crippen LogP contribution in [0.4, 0.5) is 0 Å². The Morgan fingerprint density at radius 3 is 2.14 bits per heavy atom. The molecule has 166 valence electrons. The third kappa shape index (κ3) is 7.25. The Labute approximate surface area is 179 Å². The van der Waals surface area contributed by atoms with Gasteiger partial charge in [-0.15, -0.1) is 0 Å². The predicted octanol–water partition coefficient (Wildman–Crippen LogP) is 3.53. The molecular weight excluding hydrogens is 388 g/mol. The van der Waals surface area contributed by atoms with Gasteiger partial charge in [0.05, 0.1) is 0 Å². The fourth-order valence-electron chi connectivity index (χ4n) is 5.28. The van der Waals surface area contributed by atoms with Gasteiger partial charge < -0.3 is 23.1 Å². The molecular formula is C21H44N2O3SSi. The van der Waals surface area contributed by atoms with Crippen LogP contribution in [0, 0.1) is 23.7 Å². The van der Waals surface area contributed by atoms with Crippen molar-refractivity contribution >= 4 is 20.6 Å². The molecule has 5 nitrogen and oxygen atoms in total. The highest BCUT2D eigenvalue weighted by atomic mass is 32.2. The average Bonchev–Trinajstić information content (AvgIpc) is 3.03. The largest absolute Gasteiger partial charge is 0.500 e. The SMILES string of the molecule is CCC1CC(CC2CN(C)CC2CSCCC[Si](OC)(OC)OC)CN(C)C1. The Bertz CT molecular complexity index is 434. The van der Waals surface area contributed by atoms with E-state index in [1.54, 1.807) is 21.3 Å². The van der Waals surface area contributed by atoms with Crippen molar-refractivity contribution < 1.29 is 13.3 Å². The standard InChI is InChI=1S/C21H44N2O3SSi/c1-7-18-11-19(14-22(2)13-18)12-20-15-23(3)16-21(20)17-27-9-8-10-28(24-4,25-5)26-6/h18-21H,7-17H2,1-6H3. The molecule has 0 aliphatic carbocycles. The zero-order chi connectivity index (χ0) is 20.6. The van der Waals surface area contributed by atoms with Crippen molar-refractivity contribution in [1.82, 2.24) is 9.80 Å². The number of thioether (sulfide) groups is 1. The van der Waals surface area contributed by atoms with Gasteiger partial charge in [0.15, 0.2) is 0 Å². The van der Waals surface area contributed by atoms with Crippen molar-refractivity contribution in [3.05, 3.63) is 0 Å². The first-order chi connectivity index (χ1) is 13.4. The molecule has 7 heteroatoms. The third-order valence-electron chi connectivity index (χ3n) is 6.82. The molecule has 2 heterocycles. The summed E-state index contributed by atoms with van der Waals surface area (Å²) in [4.78, 5) is 5.13. The van der Waals surface area contributed by atoms with Gasteiger partial charge in [0.2, 0.25) is 0 Å². The summed E-state index contributed by atoms with van der Waals surface area (Å²) in [5, 5.41) is 0. The molecule has 0 aromatic heterocycles. The zero-order valence-corrected chi connectivity index (χ0v) is 20.9. The molecule has 0 aromatic rings. The van der Waals surface area contributed by atoms with Crippen LogP contribution in [-0.2, 0) is 13.3 Å². The first kappa shape index (κ1) is 24.6. The van der Waals surface area contributed by atoms with E-state index in [1.165, 1.54) is 56.9 Å². The lowest BCUT2D eigenvalue weighted by molar-refractivity contribution is 0.123. The summed E-state index contributed by atoms with van der Waals surface area (Å²) in [6.45, 7) is 7.51. The van der Waals surface area contributed by atoms with Gasteiger partial charge in [-0.1, -0.05) is 13.3 Å². The second kappa shape index (κ2) is 12.3. The highest BCUT2D eigenvalue weighted by molar-refractivity contribution is 7.99. The molecule has 0 radical (unpaired) electrons. The molecule has 0 amide bonds. The van der Waals surface area contributed by atoms with Crippen LogP contribution in [-0.4, -0.2) is 91.7 Å². The van der Waals surface area contributed by atoms with Gasteiger partial charge in [-0.05, 0) is 68.5 Å². The first-order valence-electron chi connectivity index (χ1n) is 11.1. The Balaban J connectivity index is 1.74. The quantitative estimate of drug-likeness (QED) is 0.347. The monoisotopic (exact) mass is 432 g/mol. The minimum absolute atomic E-state index is 0.844. The molecule has 0 spiro atoms. The summed E-state index contributed by atoms with van der Waals surface area (Å²) in [7, 11) is 7.33. The molecule has 4 unspecified atom stereocenters.